The average molecular weight is 357 g/mol. The highest BCUT2D eigenvalue weighted by molar-refractivity contribution is 6.34. The number of aromatic nitrogens is 2. The summed E-state index contributed by atoms with van der Waals surface area (Å²) in [4.78, 5) is 24.0. The van der Waals surface area contributed by atoms with Crippen molar-refractivity contribution in [1.82, 2.24) is 9.78 Å². The SMILES string of the molecule is Nc1ccc(NC(=O)CC(=O)CCn2nc(Cl)c3ccccc32)cc1. The number of nitrogens with two attached hydrogens (primary N) is 1. The third-order valence-electron chi connectivity index (χ3n) is 3.77. The second-order valence-electron chi connectivity index (χ2n) is 5.67. The van der Waals surface area contributed by atoms with Gasteiger partial charge in [-0.15, -0.1) is 0 Å². The van der Waals surface area contributed by atoms with Gasteiger partial charge in [0.1, 0.15) is 5.78 Å². The number of para-hydroxylation sites is 1. The Kier molecular flexibility index (Phi) is 5.00. The Hall–Kier alpha value is -2.86. The van der Waals surface area contributed by atoms with Crippen molar-refractivity contribution >= 4 is 45.6 Å². The number of nitrogens with one attached hydrogen (secondary N) is 1. The summed E-state index contributed by atoms with van der Waals surface area (Å²) in [5.74, 6) is -0.512. The van der Waals surface area contributed by atoms with Gasteiger partial charge in [-0.25, -0.2) is 0 Å². The third kappa shape index (κ3) is 4.16. The molecule has 6 nitrogen and oxygen atoms in total. The van der Waals surface area contributed by atoms with Crippen molar-refractivity contribution in [3.05, 3.63) is 53.7 Å². The van der Waals surface area contributed by atoms with Crippen LogP contribution >= 0.6 is 11.6 Å². The Labute approximate surface area is 149 Å². The molecule has 1 aromatic heterocycles. The molecule has 0 radical (unpaired) electrons. The van der Waals surface area contributed by atoms with Crippen molar-refractivity contribution in [3.8, 4) is 0 Å². The largest absolute Gasteiger partial charge is 0.399 e. The molecule has 1 heterocycles. The van der Waals surface area contributed by atoms with E-state index < -0.39 is 0 Å². The number of benzene rings is 2. The monoisotopic (exact) mass is 356 g/mol. The first-order chi connectivity index (χ1) is 12.0. The maximum absolute atomic E-state index is 12.1. The molecule has 0 atom stereocenters. The summed E-state index contributed by atoms with van der Waals surface area (Å²) in [7, 11) is 0. The molecule has 2 aromatic carbocycles. The van der Waals surface area contributed by atoms with Gasteiger partial charge in [-0.2, -0.15) is 5.10 Å². The van der Waals surface area contributed by atoms with Crippen molar-refractivity contribution < 1.29 is 9.59 Å². The van der Waals surface area contributed by atoms with Gasteiger partial charge < -0.3 is 11.1 Å². The lowest BCUT2D eigenvalue weighted by atomic mass is 10.2. The van der Waals surface area contributed by atoms with Crippen molar-refractivity contribution in [1.29, 1.82) is 0 Å². The summed E-state index contributed by atoms with van der Waals surface area (Å²) in [5, 5.41) is 8.16. The van der Waals surface area contributed by atoms with Crippen LogP contribution in [-0.2, 0) is 16.1 Å². The Morgan fingerprint density at radius 1 is 1.12 bits per heavy atom. The lowest BCUT2D eigenvalue weighted by Gasteiger charge is -2.06. The molecule has 3 aromatic rings. The van der Waals surface area contributed by atoms with E-state index in [-0.39, 0.29) is 24.5 Å². The van der Waals surface area contributed by atoms with E-state index in [1.165, 1.54) is 0 Å². The van der Waals surface area contributed by atoms with Crippen LogP contribution in [0.5, 0.6) is 0 Å². The maximum atomic E-state index is 12.1. The van der Waals surface area contributed by atoms with Crippen LogP contribution in [0.2, 0.25) is 5.15 Å². The molecule has 3 rings (SSSR count). The van der Waals surface area contributed by atoms with Crippen molar-refractivity contribution in [3.63, 3.8) is 0 Å². The van der Waals surface area contributed by atoms with Gasteiger partial charge in [-0.3, -0.25) is 14.3 Å². The number of Topliss-reactive ketones (excluding diaryl/α,β-unsaturated/α-hetero) is 1. The molecular formula is C18H17ClN4O2. The van der Waals surface area contributed by atoms with Gasteiger partial charge in [-0.1, -0.05) is 23.7 Å². The fraction of sp³-hybridized carbons (Fsp3) is 0.167. The number of nitrogen functional groups attached to an aromatic ring is 1. The van der Waals surface area contributed by atoms with Crippen molar-refractivity contribution in [2.45, 2.75) is 19.4 Å². The number of amides is 1. The molecule has 0 unspecified atom stereocenters. The predicted molar refractivity (Wildman–Crippen MR) is 98.5 cm³/mol. The van der Waals surface area contributed by atoms with Crippen LogP contribution in [0.15, 0.2) is 48.5 Å². The second-order valence-corrected chi connectivity index (χ2v) is 6.02. The number of fused-ring (bicyclic) bond motifs is 1. The number of carbonyl (C=O) groups is 2. The number of rotatable bonds is 6. The van der Waals surface area contributed by atoms with Crippen LogP contribution in [-0.4, -0.2) is 21.5 Å². The van der Waals surface area contributed by atoms with Gasteiger partial charge in [0.05, 0.1) is 11.9 Å². The molecule has 128 valence electrons. The molecule has 0 bridgehead atoms. The van der Waals surface area contributed by atoms with Crippen LogP contribution in [0.3, 0.4) is 0 Å². The molecule has 0 aliphatic carbocycles. The minimum absolute atomic E-state index is 0.163. The Balaban J connectivity index is 1.55. The average Bonchev–Trinajstić information content (AvgIpc) is 2.92. The minimum Gasteiger partial charge on any atom is -0.399 e. The Morgan fingerprint density at radius 2 is 1.84 bits per heavy atom. The topological polar surface area (TPSA) is 90.0 Å². The second kappa shape index (κ2) is 7.36. The van der Waals surface area contributed by atoms with E-state index in [1.807, 2.05) is 24.3 Å². The van der Waals surface area contributed by atoms with Crippen LogP contribution in [0, 0.1) is 0 Å². The summed E-state index contributed by atoms with van der Waals surface area (Å²) < 4.78 is 1.69. The minimum atomic E-state index is -0.349. The van der Waals surface area contributed by atoms with Crippen molar-refractivity contribution in [2.24, 2.45) is 0 Å². The number of anilines is 2. The van der Waals surface area contributed by atoms with Gasteiger partial charge >= 0.3 is 0 Å². The molecule has 0 saturated carbocycles. The van der Waals surface area contributed by atoms with Crippen LogP contribution in [0.25, 0.3) is 10.9 Å². The Morgan fingerprint density at radius 3 is 2.60 bits per heavy atom. The van der Waals surface area contributed by atoms with Crippen molar-refractivity contribution in [2.75, 3.05) is 11.1 Å². The number of aryl methyl sites for hydroxylation is 1. The summed E-state index contributed by atoms with van der Waals surface area (Å²) >= 11 is 6.09. The van der Waals surface area contributed by atoms with Crippen LogP contribution < -0.4 is 11.1 Å². The summed E-state index contributed by atoms with van der Waals surface area (Å²) in [6.45, 7) is 0.376. The molecule has 25 heavy (non-hydrogen) atoms. The first-order valence-corrected chi connectivity index (χ1v) is 8.19. The number of ketones is 1. The Bertz CT molecular complexity index is 918. The van der Waals surface area contributed by atoms with E-state index in [2.05, 4.69) is 10.4 Å². The highest BCUT2D eigenvalue weighted by atomic mass is 35.5. The number of hydrogen-bond acceptors (Lipinski definition) is 4. The number of halogens is 1. The van der Waals surface area contributed by atoms with Gasteiger partial charge in [-0.05, 0) is 36.4 Å². The zero-order valence-corrected chi connectivity index (χ0v) is 14.2. The molecule has 7 heteroatoms. The fourth-order valence-electron chi connectivity index (χ4n) is 2.53. The number of carbonyl (C=O) groups excluding carboxylic acids is 2. The van der Waals surface area contributed by atoms with Gasteiger partial charge in [0.25, 0.3) is 0 Å². The normalized spacial score (nSPS) is 10.8. The van der Waals surface area contributed by atoms with Crippen LogP contribution in [0.1, 0.15) is 12.8 Å². The maximum Gasteiger partial charge on any atom is 0.231 e. The van der Waals surface area contributed by atoms with Gasteiger partial charge in [0, 0.05) is 29.7 Å². The quantitative estimate of drug-likeness (QED) is 0.524. The third-order valence-corrected chi connectivity index (χ3v) is 4.05. The van der Waals surface area contributed by atoms with E-state index in [9.17, 15) is 9.59 Å². The first kappa shape index (κ1) is 17.0. The summed E-state index contributed by atoms with van der Waals surface area (Å²) in [5.41, 5.74) is 7.68. The molecule has 0 fully saturated rings. The molecule has 0 spiro atoms. The fourth-order valence-corrected chi connectivity index (χ4v) is 2.78. The van der Waals surface area contributed by atoms with Crippen LogP contribution in [0.4, 0.5) is 11.4 Å². The smallest absolute Gasteiger partial charge is 0.231 e. The summed E-state index contributed by atoms with van der Waals surface area (Å²) in [6.07, 6.45) is 0.0223. The number of nitrogens with zero attached hydrogens (tertiary/aromatic N) is 2. The van der Waals surface area contributed by atoms with E-state index in [1.54, 1.807) is 28.9 Å². The molecule has 3 N–H and O–H groups in total. The van der Waals surface area contributed by atoms with Gasteiger partial charge in [0.15, 0.2) is 5.15 Å². The first-order valence-electron chi connectivity index (χ1n) is 7.81. The van der Waals surface area contributed by atoms with E-state index in [0.29, 0.717) is 23.1 Å². The predicted octanol–water partition coefficient (Wildman–Crippen LogP) is 3.26. The molecule has 0 saturated heterocycles. The highest BCUT2D eigenvalue weighted by Gasteiger charge is 2.12. The molecule has 0 aliphatic heterocycles. The summed E-state index contributed by atoms with van der Waals surface area (Å²) in [6, 6.07) is 14.3. The molecule has 0 aliphatic rings. The molecular weight excluding hydrogens is 340 g/mol. The molecule has 1 amide bonds. The zero-order chi connectivity index (χ0) is 17.8. The number of hydrogen-bond donors (Lipinski definition) is 2. The lowest BCUT2D eigenvalue weighted by molar-refractivity contribution is -0.125. The van der Waals surface area contributed by atoms with E-state index in [0.717, 1.165) is 10.9 Å². The van der Waals surface area contributed by atoms with Gasteiger partial charge in [0.2, 0.25) is 5.91 Å². The lowest BCUT2D eigenvalue weighted by Crippen LogP contribution is -2.17. The zero-order valence-electron chi connectivity index (χ0n) is 13.4. The van der Waals surface area contributed by atoms with E-state index in [4.69, 9.17) is 17.3 Å². The highest BCUT2D eigenvalue weighted by Crippen LogP contribution is 2.22. The standard InChI is InChI=1S/C18H17ClN4O2/c19-18-15-3-1-2-4-16(15)23(22-18)10-9-14(24)11-17(25)21-13-7-5-12(20)6-8-13/h1-8H,9-11,20H2,(H,21,25). The van der Waals surface area contributed by atoms with E-state index >= 15 is 0 Å².